The van der Waals surface area contributed by atoms with Crippen molar-refractivity contribution < 1.29 is 64.5 Å². The number of alkyl halides is 6. The molecule has 52 heavy (non-hydrogen) atoms. The first-order chi connectivity index (χ1) is 23.9. The van der Waals surface area contributed by atoms with E-state index in [2.05, 4.69) is 0 Å². The van der Waals surface area contributed by atoms with Gasteiger partial charge in [0.15, 0.2) is 0 Å². The topological polar surface area (TPSA) is 115 Å². The average molecular weight is 739 g/mol. The molecular weight excluding hydrogens is 702 g/mol. The highest BCUT2D eigenvalue weighted by Crippen LogP contribution is 2.32. The van der Waals surface area contributed by atoms with Gasteiger partial charge in [0.25, 0.3) is 0 Å². The van der Waals surface area contributed by atoms with Gasteiger partial charge in [0.05, 0.1) is 11.1 Å². The van der Waals surface area contributed by atoms with E-state index in [0.29, 0.717) is 44.8 Å². The zero-order chi connectivity index (χ0) is 39.1. The van der Waals surface area contributed by atoms with Crippen molar-refractivity contribution in [3.63, 3.8) is 0 Å². The molecule has 0 aliphatic heterocycles. The fourth-order valence-corrected chi connectivity index (χ4v) is 4.07. The van der Waals surface area contributed by atoms with Crippen LogP contribution in [-0.4, -0.2) is 44.5 Å². The van der Waals surface area contributed by atoms with Gasteiger partial charge in [-0.3, -0.25) is 0 Å². The van der Waals surface area contributed by atoms with E-state index in [-0.39, 0.29) is 13.2 Å². The standard InChI is InChI=1S/2C18H18F3NO4/c2*1-17(2,3)26-16(24)22-10-13(18(19,20)21)9-14(22)15(23)25-11-12-7-5-4-6-8-12/h2*4-10H,11H2,1-3H3. The van der Waals surface area contributed by atoms with E-state index in [0.717, 1.165) is 0 Å². The van der Waals surface area contributed by atoms with E-state index in [4.69, 9.17) is 18.9 Å². The summed E-state index contributed by atoms with van der Waals surface area (Å²) in [6.07, 6.45) is -10.6. The fourth-order valence-electron chi connectivity index (χ4n) is 4.07. The lowest BCUT2D eigenvalue weighted by molar-refractivity contribution is -0.138. The van der Waals surface area contributed by atoms with Crippen LogP contribution in [0, 0.1) is 0 Å². The normalized spacial score (nSPS) is 11.9. The molecule has 0 unspecified atom stereocenters. The molecule has 0 saturated heterocycles. The number of ether oxygens (including phenoxy) is 4. The van der Waals surface area contributed by atoms with Crippen molar-refractivity contribution in [1.82, 2.24) is 9.13 Å². The minimum absolute atomic E-state index is 0.138. The largest absolute Gasteiger partial charge is 0.456 e. The van der Waals surface area contributed by atoms with E-state index in [1.54, 1.807) is 102 Å². The second-order valence-corrected chi connectivity index (χ2v) is 13.0. The molecule has 0 fully saturated rings. The molecular formula is C36H36F6N2O8. The van der Waals surface area contributed by atoms with E-state index < -0.39 is 70.2 Å². The van der Waals surface area contributed by atoms with Crippen LogP contribution in [0.2, 0.25) is 0 Å². The van der Waals surface area contributed by atoms with Gasteiger partial charge < -0.3 is 18.9 Å². The van der Waals surface area contributed by atoms with Gasteiger partial charge >= 0.3 is 36.5 Å². The second-order valence-electron chi connectivity index (χ2n) is 13.0. The lowest BCUT2D eigenvalue weighted by atomic mass is 10.2. The van der Waals surface area contributed by atoms with Gasteiger partial charge in [-0.2, -0.15) is 26.3 Å². The van der Waals surface area contributed by atoms with Crippen LogP contribution in [-0.2, 0) is 44.5 Å². The Kier molecular flexibility index (Phi) is 12.7. The van der Waals surface area contributed by atoms with E-state index in [1.807, 2.05) is 0 Å². The Morgan fingerprint density at radius 2 is 0.846 bits per heavy atom. The number of hydrogen-bond donors (Lipinski definition) is 0. The average Bonchev–Trinajstić information content (AvgIpc) is 3.69. The first-order valence-electron chi connectivity index (χ1n) is 15.4. The van der Waals surface area contributed by atoms with Crippen LogP contribution >= 0.6 is 0 Å². The Morgan fingerprint density at radius 3 is 1.12 bits per heavy atom. The van der Waals surface area contributed by atoms with Crippen molar-refractivity contribution in [1.29, 1.82) is 0 Å². The third-order valence-corrected chi connectivity index (χ3v) is 6.32. The third-order valence-electron chi connectivity index (χ3n) is 6.32. The molecule has 0 aliphatic carbocycles. The highest BCUT2D eigenvalue weighted by atomic mass is 19.4. The number of benzene rings is 2. The number of esters is 2. The number of hydrogen-bond acceptors (Lipinski definition) is 8. The van der Waals surface area contributed by atoms with Crippen LogP contribution in [0.15, 0.2) is 85.2 Å². The number of carbonyl (C=O) groups excluding carboxylic acids is 4. The zero-order valence-electron chi connectivity index (χ0n) is 28.9. The number of aromatic nitrogens is 2. The summed E-state index contributed by atoms with van der Waals surface area (Å²) in [5, 5.41) is 0. The minimum atomic E-state index is -4.72. The molecule has 2 heterocycles. The molecule has 0 amide bonds. The van der Waals surface area contributed by atoms with Crippen LogP contribution in [0.5, 0.6) is 0 Å². The molecule has 0 N–H and O–H groups in total. The van der Waals surface area contributed by atoms with Crippen LogP contribution < -0.4 is 0 Å². The van der Waals surface area contributed by atoms with Gasteiger partial charge in [0, 0.05) is 12.4 Å². The maximum atomic E-state index is 13.0. The quantitative estimate of drug-likeness (QED) is 0.109. The number of rotatable bonds is 6. The molecule has 0 radical (unpaired) electrons. The summed E-state index contributed by atoms with van der Waals surface area (Å²) in [7, 11) is 0. The van der Waals surface area contributed by atoms with E-state index in [1.165, 1.54) is 0 Å². The van der Waals surface area contributed by atoms with Gasteiger partial charge in [-0.15, -0.1) is 0 Å². The molecule has 280 valence electrons. The number of carbonyl (C=O) groups is 4. The van der Waals surface area contributed by atoms with Crippen LogP contribution in [0.1, 0.15) is 84.8 Å². The summed E-state index contributed by atoms with van der Waals surface area (Å²) in [6, 6.07) is 18.4. The Morgan fingerprint density at radius 1 is 0.538 bits per heavy atom. The third kappa shape index (κ3) is 12.3. The summed E-state index contributed by atoms with van der Waals surface area (Å²) in [5.74, 6) is -2.12. The van der Waals surface area contributed by atoms with Crippen molar-refractivity contribution in [2.24, 2.45) is 0 Å². The van der Waals surface area contributed by atoms with E-state index in [9.17, 15) is 45.5 Å². The maximum Gasteiger partial charge on any atom is 0.419 e. The highest BCUT2D eigenvalue weighted by molar-refractivity contribution is 5.93. The van der Waals surface area contributed by atoms with E-state index >= 15 is 0 Å². The molecule has 0 aliphatic rings. The summed E-state index contributed by atoms with van der Waals surface area (Å²) in [4.78, 5) is 48.8. The Hall–Kier alpha value is -5.54. The first kappa shape index (κ1) is 40.9. The van der Waals surface area contributed by atoms with Crippen molar-refractivity contribution in [3.05, 3.63) is 119 Å². The van der Waals surface area contributed by atoms with Gasteiger partial charge in [-0.1, -0.05) is 60.7 Å². The Labute approximate surface area is 294 Å². The molecule has 10 nitrogen and oxygen atoms in total. The molecule has 2 aromatic heterocycles. The van der Waals surface area contributed by atoms with Gasteiger partial charge in [0.1, 0.15) is 35.8 Å². The summed E-state index contributed by atoms with van der Waals surface area (Å²) in [5.41, 5.74) is -3.95. The lowest BCUT2D eigenvalue weighted by Gasteiger charge is -2.20. The Bertz CT molecular complexity index is 1710. The number of nitrogens with zero attached hydrogens (tertiary/aromatic N) is 2. The Balaban J connectivity index is 0.000000280. The predicted molar refractivity (Wildman–Crippen MR) is 173 cm³/mol. The van der Waals surface area contributed by atoms with Crippen LogP contribution in [0.4, 0.5) is 35.9 Å². The lowest BCUT2D eigenvalue weighted by Crippen LogP contribution is -2.28. The summed E-state index contributed by atoms with van der Waals surface area (Å²) in [6.45, 7) is 9.10. The predicted octanol–water partition coefficient (Wildman–Crippen LogP) is 9.29. The fraction of sp³-hybridized carbons (Fsp3) is 0.333. The summed E-state index contributed by atoms with van der Waals surface area (Å²) >= 11 is 0. The first-order valence-corrected chi connectivity index (χ1v) is 15.4. The van der Waals surface area contributed by atoms with Crippen molar-refractivity contribution in [2.45, 2.75) is 78.3 Å². The van der Waals surface area contributed by atoms with Gasteiger partial charge in [0.2, 0.25) is 0 Å². The van der Waals surface area contributed by atoms with Crippen LogP contribution in [0.3, 0.4) is 0 Å². The molecule has 0 saturated carbocycles. The molecule has 4 aromatic rings. The smallest absolute Gasteiger partial charge is 0.419 e. The van der Waals surface area contributed by atoms with Crippen molar-refractivity contribution in [3.8, 4) is 0 Å². The van der Waals surface area contributed by atoms with Gasteiger partial charge in [-0.05, 0) is 64.8 Å². The summed E-state index contributed by atoms with van der Waals surface area (Å²) < 4.78 is 99.1. The molecule has 0 spiro atoms. The van der Waals surface area contributed by atoms with Gasteiger partial charge in [-0.25, -0.2) is 28.3 Å². The maximum absolute atomic E-state index is 13.0. The minimum Gasteiger partial charge on any atom is -0.456 e. The van der Waals surface area contributed by atoms with Crippen LogP contribution in [0.25, 0.3) is 0 Å². The molecule has 4 rings (SSSR count). The number of halogens is 6. The van der Waals surface area contributed by atoms with Crippen molar-refractivity contribution in [2.75, 3.05) is 0 Å². The second kappa shape index (κ2) is 16.2. The molecule has 0 bridgehead atoms. The molecule has 2 aromatic carbocycles. The highest BCUT2D eigenvalue weighted by Gasteiger charge is 2.37. The molecule has 0 atom stereocenters. The molecule has 16 heteroatoms. The van der Waals surface area contributed by atoms with Crippen molar-refractivity contribution >= 4 is 24.1 Å². The zero-order valence-corrected chi connectivity index (χ0v) is 28.9. The SMILES string of the molecule is CC(C)(C)OC(=O)n1cc(C(F)(F)F)cc1C(=O)OCc1ccccc1.CC(C)(C)OC(=O)n1cc(C(F)(F)F)cc1C(=O)OCc1ccccc1. The monoisotopic (exact) mass is 738 g/mol.